The van der Waals surface area contributed by atoms with E-state index in [9.17, 15) is 4.79 Å². The van der Waals surface area contributed by atoms with E-state index < -0.39 is 6.04 Å². The van der Waals surface area contributed by atoms with Gasteiger partial charge in [0.2, 0.25) is 22.4 Å². The van der Waals surface area contributed by atoms with Crippen molar-refractivity contribution in [3.63, 3.8) is 0 Å². The monoisotopic (exact) mass is 291 g/mol. The SMILES string of the molecule is CC(Nc1nc(Cl)nc(Cl)n1)C(=O)NC(C)(C)C. The van der Waals surface area contributed by atoms with Gasteiger partial charge in [0.15, 0.2) is 0 Å². The van der Waals surface area contributed by atoms with Gasteiger partial charge in [0, 0.05) is 5.54 Å². The summed E-state index contributed by atoms with van der Waals surface area (Å²) < 4.78 is 0. The molecule has 8 heteroatoms. The molecule has 1 rings (SSSR count). The molecule has 0 aliphatic carbocycles. The van der Waals surface area contributed by atoms with Crippen molar-refractivity contribution < 1.29 is 4.79 Å². The molecule has 1 amide bonds. The minimum atomic E-state index is -0.515. The van der Waals surface area contributed by atoms with Gasteiger partial charge in [0.05, 0.1) is 0 Å². The third kappa shape index (κ3) is 5.01. The number of rotatable bonds is 3. The summed E-state index contributed by atoms with van der Waals surface area (Å²) in [7, 11) is 0. The molecule has 0 aliphatic heterocycles. The first-order valence-electron chi connectivity index (χ1n) is 5.33. The number of carbonyl (C=O) groups is 1. The third-order valence-electron chi connectivity index (χ3n) is 1.82. The third-order valence-corrected chi connectivity index (χ3v) is 2.16. The minimum Gasteiger partial charge on any atom is -0.350 e. The van der Waals surface area contributed by atoms with Gasteiger partial charge in [0.25, 0.3) is 0 Å². The summed E-state index contributed by atoms with van der Waals surface area (Å²) in [5, 5.41) is 5.58. The van der Waals surface area contributed by atoms with Crippen molar-refractivity contribution >= 4 is 35.1 Å². The van der Waals surface area contributed by atoms with Crippen LogP contribution in [0, 0.1) is 0 Å². The summed E-state index contributed by atoms with van der Waals surface area (Å²) in [5.41, 5.74) is -0.304. The molecule has 0 spiro atoms. The summed E-state index contributed by atoms with van der Waals surface area (Å²) in [4.78, 5) is 23.1. The standard InChI is InChI=1S/C10H15Cl2N5O/c1-5(6(18)17-10(2,3)4)13-9-15-7(11)14-8(12)16-9/h5H,1-4H3,(H,17,18)(H,13,14,15,16). The maximum atomic E-state index is 11.8. The first-order valence-corrected chi connectivity index (χ1v) is 6.08. The van der Waals surface area contributed by atoms with Crippen LogP contribution in [0.25, 0.3) is 0 Å². The molecule has 1 aromatic heterocycles. The van der Waals surface area contributed by atoms with Crippen molar-refractivity contribution in [3.8, 4) is 0 Å². The summed E-state index contributed by atoms with van der Waals surface area (Å²) in [6.45, 7) is 7.38. The number of anilines is 1. The summed E-state index contributed by atoms with van der Waals surface area (Å²) in [6.07, 6.45) is 0. The maximum absolute atomic E-state index is 11.8. The van der Waals surface area contributed by atoms with E-state index in [4.69, 9.17) is 23.2 Å². The number of aromatic nitrogens is 3. The Balaban J connectivity index is 2.69. The van der Waals surface area contributed by atoms with Crippen molar-refractivity contribution in [1.82, 2.24) is 20.3 Å². The largest absolute Gasteiger partial charge is 0.350 e. The van der Waals surface area contributed by atoms with Crippen LogP contribution < -0.4 is 10.6 Å². The molecule has 18 heavy (non-hydrogen) atoms. The van der Waals surface area contributed by atoms with Crippen LogP contribution in [0.4, 0.5) is 5.95 Å². The quantitative estimate of drug-likeness (QED) is 0.889. The minimum absolute atomic E-state index is 0.0269. The predicted octanol–water partition coefficient (Wildman–Crippen LogP) is 1.89. The Labute approximate surface area is 116 Å². The van der Waals surface area contributed by atoms with E-state index >= 15 is 0 Å². The molecule has 0 saturated carbocycles. The van der Waals surface area contributed by atoms with Gasteiger partial charge < -0.3 is 10.6 Å². The zero-order valence-electron chi connectivity index (χ0n) is 10.6. The van der Waals surface area contributed by atoms with Crippen LogP contribution in [-0.2, 0) is 4.79 Å². The second-order valence-corrected chi connectivity index (χ2v) is 5.48. The molecular formula is C10H15Cl2N5O. The van der Waals surface area contributed by atoms with E-state index in [1.165, 1.54) is 0 Å². The van der Waals surface area contributed by atoms with Crippen LogP contribution in [-0.4, -0.2) is 32.4 Å². The van der Waals surface area contributed by atoms with Gasteiger partial charge in [-0.2, -0.15) is 15.0 Å². The number of amides is 1. The van der Waals surface area contributed by atoms with Crippen molar-refractivity contribution in [1.29, 1.82) is 0 Å². The molecule has 1 aromatic rings. The van der Waals surface area contributed by atoms with Gasteiger partial charge in [-0.15, -0.1) is 0 Å². The summed E-state index contributed by atoms with van der Waals surface area (Å²) >= 11 is 11.3. The lowest BCUT2D eigenvalue weighted by Crippen LogP contribution is -2.47. The topological polar surface area (TPSA) is 79.8 Å². The van der Waals surface area contributed by atoms with Crippen LogP contribution in [0.3, 0.4) is 0 Å². The van der Waals surface area contributed by atoms with E-state index in [1.807, 2.05) is 20.8 Å². The molecule has 0 fully saturated rings. The normalized spacial score (nSPS) is 13.0. The first kappa shape index (κ1) is 14.9. The van der Waals surface area contributed by atoms with E-state index in [1.54, 1.807) is 6.92 Å². The van der Waals surface area contributed by atoms with Gasteiger partial charge in [0.1, 0.15) is 6.04 Å². The fourth-order valence-electron chi connectivity index (χ4n) is 1.13. The van der Waals surface area contributed by atoms with Gasteiger partial charge >= 0.3 is 0 Å². The lowest BCUT2D eigenvalue weighted by Gasteiger charge is -2.23. The molecule has 2 N–H and O–H groups in total. The Hall–Kier alpha value is -1.14. The number of hydrogen-bond acceptors (Lipinski definition) is 5. The molecule has 0 radical (unpaired) electrons. The molecule has 0 aliphatic rings. The van der Waals surface area contributed by atoms with Gasteiger partial charge in [-0.1, -0.05) is 0 Å². The molecular weight excluding hydrogens is 277 g/mol. The number of nitrogens with zero attached hydrogens (tertiary/aromatic N) is 3. The fourth-order valence-corrected chi connectivity index (χ4v) is 1.49. The average molecular weight is 292 g/mol. The second kappa shape index (κ2) is 5.67. The Morgan fingerprint density at radius 3 is 2.11 bits per heavy atom. The Morgan fingerprint density at radius 1 is 1.17 bits per heavy atom. The molecule has 1 atom stereocenters. The highest BCUT2D eigenvalue weighted by Crippen LogP contribution is 2.10. The number of carbonyl (C=O) groups excluding carboxylic acids is 1. The van der Waals surface area contributed by atoms with E-state index in [0.29, 0.717) is 0 Å². The molecule has 1 heterocycles. The van der Waals surface area contributed by atoms with Crippen molar-refractivity contribution in [2.45, 2.75) is 39.3 Å². The highest BCUT2D eigenvalue weighted by atomic mass is 35.5. The number of hydrogen-bond donors (Lipinski definition) is 2. The molecule has 0 bridgehead atoms. The molecule has 1 unspecified atom stereocenters. The van der Waals surface area contributed by atoms with Crippen molar-refractivity contribution in [2.75, 3.05) is 5.32 Å². The predicted molar refractivity (Wildman–Crippen MR) is 70.8 cm³/mol. The first-order chi connectivity index (χ1) is 8.17. The summed E-state index contributed by atoms with van der Waals surface area (Å²) in [6, 6.07) is -0.515. The van der Waals surface area contributed by atoms with E-state index in [2.05, 4.69) is 25.6 Å². The van der Waals surface area contributed by atoms with Gasteiger partial charge in [-0.3, -0.25) is 4.79 Å². The van der Waals surface area contributed by atoms with Crippen LogP contribution in [0.15, 0.2) is 0 Å². The molecule has 0 aromatic carbocycles. The zero-order valence-corrected chi connectivity index (χ0v) is 12.1. The highest BCUT2D eigenvalue weighted by Gasteiger charge is 2.20. The maximum Gasteiger partial charge on any atom is 0.242 e. The van der Waals surface area contributed by atoms with Crippen LogP contribution in [0.1, 0.15) is 27.7 Å². The molecule has 6 nitrogen and oxygen atoms in total. The smallest absolute Gasteiger partial charge is 0.242 e. The van der Waals surface area contributed by atoms with Gasteiger partial charge in [-0.05, 0) is 50.9 Å². The lowest BCUT2D eigenvalue weighted by atomic mass is 10.1. The highest BCUT2D eigenvalue weighted by molar-refractivity contribution is 6.31. The van der Waals surface area contributed by atoms with E-state index in [0.717, 1.165) is 0 Å². The second-order valence-electron chi connectivity index (χ2n) is 4.80. The fraction of sp³-hybridized carbons (Fsp3) is 0.600. The summed E-state index contributed by atoms with van der Waals surface area (Å²) in [5.74, 6) is -0.00767. The average Bonchev–Trinajstić information content (AvgIpc) is 2.12. The van der Waals surface area contributed by atoms with Crippen LogP contribution in [0.2, 0.25) is 10.6 Å². The number of halogens is 2. The lowest BCUT2D eigenvalue weighted by molar-refractivity contribution is -0.122. The molecule has 0 saturated heterocycles. The van der Waals surface area contributed by atoms with Crippen molar-refractivity contribution in [2.24, 2.45) is 0 Å². The molecule has 100 valence electrons. The van der Waals surface area contributed by atoms with Gasteiger partial charge in [-0.25, -0.2) is 0 Å². The Kier molecular flexibility index (Phi) is 4.70. The number of nitrogens with one attached hydrogen (secondary N) is 2. The Morgan fingerprint density at radius 2 is 1.67 bits per heavy atom. The van der Waals surface area contributed by atoms with Crippen molar-refractivity contribution in [3.05, 3.63) is 10.6 Å². The van der Waals surface area contributed by atoms with Crippen LogP contribution in [0.5, 0.6) is 0 Å². The van der Waals surface area contributed by atoms with Crippen LogP contribution >= 0.6 is 23.2 Å². The zero-order chi connectivity index (χ0) is 13.9. The van der Waals surface area contributed by atoms with E-state index in [-0.39, 0.29) is 28.0 Å². The Bertz CT molecular complexity index is 426.